The van der Waals surface area contributed by atoms with Gasteiger partial charge in [-0.25, -0.2) is 8.78 Å². The Labute approximate surface area is 181 Å². The fourth-order valence-electron chi connectivity index (χ4n) is 5.44. The van der Waals surface area contributed by atoms with Crippen LogP contribution in [0.3, 0.4) is 0 Å². The Morgan fingerprint density at radius 2 is 1.45 bits per heavy atom. The van der Waals surface area contributed by atoms with Crippen LogP contribution in [-0.4, -0.2) is 15.5 Å². The van der Waals surface area contributed by atoms with Gasteiger partial charge in [-0.1, -0.05) is 37.4 Å². The van der Waals surface area contributed by atoms with Gasteiger partial charge in [0.05, 0.1) is 6.67 Å². The first-order valence-electron chi connectivity index (χ1n) is 11.3. The minimum absolute atomic E-state index is 0.000912. The van der Waals surface area contributed by atoms with Gasteiger partial charge in [0.15, 0.2) is 11.6 Å². The third-order valence-corrected chi connectivity index (χ3v) is 10.7. The lowest BCUT2D eigenvalue weighted by Crippen LogP contribution is -2.28. The Morgan fingerprint density at radius 3 is 2.00 bits per heavy atom. The third kappa shape index (κ3) is 6.53. The van der Waals surface area contributed by atoms with Crippen LogP contribution in [0.2, 0.25) is 18.1 Å². The quantitative estimate of drug-likeness (QED) is 0.164. The molecule has 31 heavy (non-hydrogen) atoms. The summed E-state index contributed by atoms with van der Waals surface area (Å²) in [7, 11) is -0.684. The summed E-state index contributed by atoms with van der Waals surface area (Å²) in [4.78, 5) is 0. The van der Waals surface area contributed by atoms with Crippen molar-refractivity contribution in [1.29, 1.82) is 0 Å². The van der Waals surface area contributed by atoms with Crippen molar-refractivity contribution in [2.45, 2.75) is 75.4 Å². The highest BCUT2D eigenvalue weighted by Crippen LogP contribution is 2.44. The lowest BCUT2D eigenvalue weighted by atomic mass is 9.72. The molecule has 2 aliphatic rings. The smallest absolute Gasteiger partial charge is 0.344 e. The fraction of sp³-hybridized carbons (Fsp3) is 0.652. The van der Waals surface area contributed by atoms with Crippen molar-refractivity contribution in [1.82, 2.24) is 0 Å². The van der Waals surface area contributed by atoms with Crippen LogP contribution < -0.4 is 4.74 Å². The van der Waals surface area contributed by atoms with E-state index in [1.165, 1.54) is 31.0 Å². The van der Waals surface area contributed by atoms with Gasteiger partial charge in [0.2, 0.25) is 5.75 Å². The van der Waals surface area contributed by atoms with Gasteiger partial charge >= 0.3 is 12.1 Å². The molecule has 1 nitrogen and oxygen atoms in total. The third-order valence-electron chi connectivity index (χ3n) is 7.16. The summed E-state index contributed by atoms with van der Waals surface area (Å²) in [5, 5.41) is 0. The first kappa shape index (κ1) is 24.2. The molecule has 8 heteroatoms. The predicted molar refractivity (Wildman–Crippen MR) is 112 cm³/mol. The number of hydrogen-bond acceptors (Lipinski definition) is 1. The molecule has 1 aromatic carbocycles. The lowest BCUT2D eigenvalue weighted by Gasteiger charge is -2.37. The van der Waals surface area contributed by atoms with Gasteiger partial charge in [0, 0.05) is 8.80 Å². The van der Waals surface area contributed by atoms with E-state index in [1.807, 2.05) is 0 Å². The van der Waals surface area contributed by atoms with Crippen molar-refractivity contribution in [2.75, 3.05) is 6.67 Å². The van der Waals surface area contributed by atoms with Crippen molar-refractivity contribution in [3.05, 3.63) is 41.4 Å². The Bertz CT molecular complexity index is 727. The zero-order valence-electron chi connectivity index (χ0n) is 17.6. The van der Waals surface area contributed by atoms with Crippen molar-refractivity contribution >= 4 is 8.80 Å². The highest BCUT2D eigenvalue weighted by molar-refractivity contribution is 6.58. The summed E-state index contributed by atoms with van der Waals surface area (Å²) in [5.41, 5.74) is 0.467. The Hall–Kier alpha value is -1.44. The highest BCUT2D eigenvalue weighted by atomic mass is 28.3. The summed E-state index contributed by atoms with van der Waals surface area (Å²) in [6.07, 6.45) is 5.16. The van der Waals surface area contributed by atoms with E-state index < -0.39 is 38.3 Å². The summed E-state index contributed by atoms with van der Waals surface area (Å²) >= 11 is 0. The van der Waals surface area contributed by atoms with Crippen molar-refractivity contribution in [3.8, 4) is 5.75 Å². The summed E-state index contributed by atoms with van der Waals surface area (Å²) < 4.78 is 81.9. The molecule has 3 rings (SSSR count). The zero-order chi connectivity index (χ0) is 22.4. The molecule has 0 radical (unpaired) electrons. The number of halogens is 6. The lowest BCUT2D eigenvalue weighted by molar-refractivity contribution is 0.214. The second-order valence-corrected chi connectivity index (χ2v) is 12.5. The largest absolute Gasteiger partial charge is 0.422 e. The van der Waals surface area contributed by atoms with E-state index in [4.69, 9.17) is 0 Å². The van der Waals surface area contributed by atoms with Gasteiger partial charge in [0.25, 0.3) is 0 Å². The Morgan fingerprint density at radius 1 is 0.871 bits per heavy atom. The molecule has 1 heterocycles. The molecular formula is C23H30F6OSi. The van der Waals surface area contributed by atoms with Crippen LogP contribution in [0, 0.1) is 23.5 Å². The highest BCUT2D eigenvalue weighted by Gasteiger charge is 2.32. The fourth-order valence-corrected chi connectivity index (χ4v) is 8.97. The predicted octanol–water partition coefficient (Wildman–Crippen LogP) is 8.04. The maximum Gasteiger partial charge on any atom is 0.344 e. The van der Waals surface area contributed by atoms with E-state index in [-0.39, 0.29) is 12.6 Å². The number of alkyl halides is 1. The normalized spacial score (nSPS) is 26.5. The molecular weight excluding hydrogens is 434 g/mol. The van der Waals surface area contributed by atoms with Crippen LogP contribution in [0.1, 0.15) is 62.8 Å². The van der Waals surface area contributed by atoms with Gasteiger partial charge < -0.3 is 4.74 Å². The van der Waals surface area contributed by atoms with E-state index in [9.17, 15) is 26.3 Å². The SMILES string of the molecule is FCCCC[SiH]1CCC([C@H]2CC[C@H](c3cc(F)c(OC(F)=C(F)F)c(F)c3)CC2)CC1. The molecule has 0 atom stereocenters. The van der Waals surface area contributed by atoms with E-state index in [0.717, 1.165) is 50.2 Å². The van der Waals surface area contributed by atoms with Crippen LogP contribution in [-0.2, 0) is 0 Å². The first-order chi connectivity index (χ1) is 14.9. The number of ether oxygens (including phenoxy) is 1. The molecule has 1 aliphatic carbocycles. The van der Waals surface area contributed by atoms with Crippen molar-refractivity contribution in [2.24, 2.45) is 11.8 Å². The molecule has 0 amide bonds. The average Bonchev–Trinajstić information content (AvgIpc) is 2.76. The summed E-state index contributed by atoms with van der Waals surface area (Å²) in [6.45, 7) is -0.208. The van der Waals surface area contributed by atoms with Gasteiger partial charge in [-0.2, -0.15) is 13.2 Å². The van der Waals surface area contributed by atoms with Crippen LogP contribution in [0.25, 0.3) is 0 Å². The molecule has 1 saturated heterocycles. The number of hydrogen-bond donors (Lipinski definition) is 0. The van der Waals surface area contributed by atoms with E-state index in [2.05, 4.69) is 4.74 Å². The molecule has 1 saturated carbocycles. The Balaban J connectivity index is 1.51. The maximum absolute atomic E-state index is 14.2. The van der Waals surface area contributed by atoms with Crippen LogP contribution >= 0.6 is 0 Å². The van der Waals surface area contributed by atoms with Gasteiger partial charge in [0.1, 0.15) is 0 Å². The van der Waals surface area contributed by atoms with E-state index in [0.29, 0.717) is 17.9 Å². The minimum Gasteiger partial charge on any atom is -0.422 e. The van der Waals surface area contributed by atoms with Crippen LogP contribution in [0.15, 0.2) is 24.2 Å². The second kappa shape index (κ2) is 11.4. The van der Waals surface area contributed by atoms with Gasteiger partial charge in [-0.3, -0.25) is 4.39 Å². The molecule has 0 unspecified atom stereocenters. The van der Waals surface area contributed by atoms with E-state index in [1.54, 1.807) is 0 Å². The first-order valence-corrected chi connectivity index (χ1v) is 13.8. The zero-order valence-corrected chi connectivity index (χ0v) is 18.8. The molecule has 0 N–H and O–H groups in total. The van der Waals surface area contributed by atoms with Crippen LogP contribution in [0.4, 0.5) is 26.3 Å². The van der Waals surface area contributed by atoms with Gasteiger partial charge in [-0.15, -0.1) is 0 Å². The van der Waals surface area contributed by atoms with Crippen LogP contribution in [0.5, 0.6) is 5.75 Å². The molecule has 0 spiro atoms. The molecule has 1 aromatic rings. The summed E-state index contributed by atoms with van der Waals surface area (Å²) in [6, 6.07) is 3.80. The second-order valence-electron chi connectivity index (χ2n) is 9.03. The molecule has 2 fully saturated rings. The average molecular weight is 465 g/mol. The van der Waals surface area contributed by atoms with E-state index >= 15 is 0 Å². The minimum atomic E-state index is -2.77. The van der Waals surface area contributed by atoms with Crippen molar-refractivity contribution in [3.63, 3.8) is 0 Å². The maximum atomic E-state index is 14.2. The topological polar surface area (TPSA) is 9.23 Å². The monoisotopic (exact) mass is 464 g/mol. The number of rotatable bonds is 8. The Kier molecular flexibility index (Phi) is 8.92. The molecule has 1 aliphatic heterocycles. The molecule has 0 bridgehead atoms. The molecule has 0 aromatic heterocycles. The van der Waals surface area contributed by atoms with Gasteiger partial charge in [-0.05, 0) is 67.6 Å². The summed E-state index contributed by atoms with van der Waals surface area (Å²) in [5.74, 6) is -2.13. The number of benzene rings is 1. The van der Waals surface area contributed by atoms with Crippen molar-refractivity contribution < 1.29 is 31.1 Å². The number of unbranched alkanes of at least 4 members (excludes halogenated alkanes) is 1. The standard InChI is InChI=1S/C23H30F6OSi/c24-9-1-2-10-31-11-7-17(8-12-31)15-3-5-16(6-4-15)18-13-19(25)21(20(26)14-18)30-23(29)22(27)28/h13-17,31H,1-12H2/t15-,16-,17?,31?. The molecule has 174 valence electrons.